The molecular formula is C21H25NO4. The number of hydrogen-bond donors (Lipinski definition) is 1. The van der Waals surface area contributed by atoms with Gasteiger partial charge in [0.15, 0.2) is 6.10 Å². The van der Waals surface area contributed by atoms with Crippen LogP contribution in [-0.2, 0) is 16.1 Å². The Bertz CT molecular complexity index is 736. The van der Waals surface area contributed by atoms with Crippen molar-refractivity contribution >= 4 is 11.9 Å². The monoisotopic (exact) mass is 355 g/mol. The third-order valence-corrected chi connectivity index (χ3v) is 3.70. The van der Waals surface area contributed by atoms with E-state index in [1.54, 1.807) is 31.2 Å². The van der Waals surface area contributed by atoms with E-state index < -0.39 is 12.1 Å². The van der Waals surface area contributed by atoms with Crippen molar-refractivity contribution in [2.45, 2.75) is 46.4 Å². The highest BCUT2D eigenvalue weighted by atomic mass is 16.5. The van der Waals surface area contributed by atoms with E-state index in [9.17, 15) is 9.59 Å². The summed E-state index contributed by atoms with van der Waals surface area (Å²) in [6.45, 7) is 7.81. The molecule has 5 nitrogen and oxygen atoms in total. The van der Waals surface area contributed by atoms with Crippen LogP contribution in [-0.4, -0.2) is 24.1 Å². The number of carbonyl (C=O) groups excluding carboxylic acids is 2. The Morgan fingerprint density at radius 3 is 2.15 bits per heavy atom. The van der Waals surface area contributed by atoms with Gasteiger partial charge in [0.1, 0.15) is 5.75 Å². The second kappa shape index (κ2) is 9.04. The number of hydrogen-bond acceptors (Lipinski definition) is 4. The molecule has 0 heterocycles. The number of carbonyl (C=O) groups is 2. The summed E-state index contributed by atoms with van der Waals surface area (Å²) in [6.07, 6.45) is -0.815. The number of ether oxygens (including phenoxy) is 2. The predicted octanol–water partition coefficient (Wildman–Crippen LogP) is 3.64. The van der Waals surface area contributed by atoms with Crippen LogP contribution in [0, 0.1) is 6.92 Å². The highest BCUT2D eigenvalue weighted by Gasteiger charge is 2.18. The SMILES string of the molecule is Cc1ccc(CNC(=O)[C@@H](C)OC(=O)c2ccc(OC(C)C)cc2)cc1. The maximum atomic E-state index is 12.2. The summed E-state index contributed by atoms with van der Waals surface area (Å²) in [5, 5.41) is 2.77. The van der Waals surface area contributed by atoms with E-state index in [-0.39, 0.29) is 12.0 Å². The molecule has 26 heavy (non-hydrogen) atoms. The Kier molecular flexibility index (Phi) is 6.78. The standard InChI is InChI=1S/C21H25NO4/c1-14(2)25-19-11-9-18(10-12-19)21(24)26-16(4)20(23)22-13-17-7-5-15(3)6-8-17/h5-12,14,16H,13H2,1-4H3,(H,22,23)/t16-/m1/s1. The van der Waals surface area contributed by atoms with Crippen LogP contribution in [0.5, 0.6) is 5.75 Å². The largest absolute Gasteiger partial charge is 0.491 e. The van der Waals surface area contributed by atoms with Crippen molar-refractivity contribution in [1.29, 1.82) is 0 Å². The Morgan fingerprint density at radius 1 is 0.962 bits per heavy atom. The molecule has 1 amide bonds. The second-order valence-corrected chi connectivity index (χ2v) is 6.44. The lowest BCUT2D eigenvalue weighted by atomic mass is 10.1. The fourth-order valence-electron chi connectivity index (χ4n) is 2.26. The molecule has 0 saturated heterocycles. The lowest BCUT2D eigenvalue weighted by molar-refractivity contribution is -0.129. The van der Waals surface area contributed by atoms with E-state index in [0.29, 0.717) is 17.9 Å². The normalized spacial score (nSPS) is 11.7. The molecule has 0 bridgehead atoms. The van der Waals surface area contributed by atoms with E-state index in [4.69, 9.17) is 9.47 Å². The summed E-state index contributed by atoms with van der Waals surface area (Å²) in [4.78, 5) is 24.3. The molecule has 0 radical (unpaired) electrons. The van der Waals surface area contributed by atoms with E-state index >= 15 is 0 Å². The lowest BCUT2D eigenvalue weighted by Gasteiger charge is -2.14. The highest BCUT2D eigenvalue weighted by Crippen LogP contribution is 2.15. The van der Waals surface area contributed by atoms with Gasteiger partial charge in [0, 0.05) is 6.54 Å². The molecule has 0 fully saturated rings. The molecule has 0 aliphatic heterocycles. The number of esters is 1. The summed E-state index contributed by atoms with van der Waals surface area (Å²) in [5.41, 5.74) is 2.52. The fourth-order valence-corrected chi connectivity index (χ4v) is 2.26. The van der Waals surface area contributed by atoms with Crippen LogP contribution in [0.4, 0.5) is 0 Å². The average molecular weight is 355 g/mol. The molecule has 1 atom stereocenters. The van der Waals surface area contributed by atoms with Gasteiger partial charge in [-0.15, -0.1) is 0 Å². The summed E-state index contributed by atoms with van der Waals surface area (Å²) in [6, 6.07) is 14.5. The van der Waals surface area contributed by atoms with Crippen molar-refractivity contribution in [2.75, 3.05) is 0 Å². The van der Waals surface area contributed by atoms with E-state index in [1.807, 2.05) is 45.0 Å². The van der Waals surface area contributed by atoms with Gasteiger partial charge in [0.25, 0.3) is 5.91 Å². The molecule has 2 aromatic rings. The van der Waals surface area contributed by atoms with Gasteiger partial charge in [0.2, 0.25) is 0 Å². The maximum absolute atomic E-state index is 12.2. The van der Waals surface area contributed by atoms with Crippen LogP contribution < -0.4 is 10.1 Å². The van der Waals surface area contributed by atoms with Crippen LogP contribution >= 0.6 is 0 Å². The molecule has 1 N–H and O–H groups in total. The Labute approximate surface area is 154 Å². The third-order valence-electron chi connectivity index (χ3n) is 3.70. The molecule has 138 valence electrons. The first-order valence-electron chi connectivity index (χ1n) is 8.66. The smallest absolute Gasteiger partial charge is 0.338 e. The summed E-state index contributed by atoms with van der Waals surface area (Å²) >= 11 is 0. The van der Waals surface area contributed by atoms with Gasteiger partial charge in [-0.2, -0.15) is 0 Å². The summed E-state index contributed by atoms with van der Waals surface area (Å²) < 4.78 is 10.8. The Balaban J connectivity index is 1.85. The Morgan fingerprint density at radius 2 is 1.58 bits per heavy atom. The Hall–Kier alpha value is -2.82. The maximum Gasteiger partial charge on any atom is 0.338 e. The molecule has 0 saturated carbocycles. The zero-order valence-corrected chi connectivity index (χ0v) is 15.6. The van der Waals surface area contributed by atoms with Crippen molar-refractivity contribution in [1.82, 2.24) is 5.32 Å². The average Bonchev–Trinajstić information content (AvgIpc) is 2.61. The minimum atomic E-state index is -0.875. The highest BCUT2D eigenvalue weighted by molar-refractivity contribution is 5.92. The fraction of sp³-hybridized carbons (Fsp3) is 0.333. The van der Waals surface area contributed by atoms with E-state index in [1.165, 1.54) is 0 Å². The minimum absolute atomic E-state index is 0.0602. The van der Waals surface area contributed by atoms with Gasteiger partial charge in [-0.3, -0.25) is 4.79 Å². The number of amides is 1. The molecular weight excluding hydrogens is 330 g/mol. The molecule has 2 rings (SSSR count). The zero-order chi connectivity index (χ0) is 19.1. The predicted molar refractivity (Wildman–Crippen MR) is 100 cm³/mol. The molecule has 0 aliphatic rings. The topological polar surface area (TPSA) is 64.6 Å². The van der Waals surface area contributed by atoms with Gasteiger partial charge in [-0.05, 0) is 57.5 Å². The summed E-state index contributed by atoms with van der Waals surface area (Å²) in [5.74, 6) is -0.196. The van der Waals surface area contributed by atoms with Crippen LogP contribution in [0.1, 0.15) is 42.3 Å². The van der Waals surface area contributed by atoms with Crippen molar-refractivity contribution in [3.8, 4) is 5.75 Å². The zero-order valence-electron chi connectivity index (χ0n) is 15.6. The van der Waals surface area contributed by atoms with Gasteiger partial charge in [-0.25, -0.2) is 4.79 Å². The van der Waals surface area contributed by atoms with Gasteiger partial charge in [0.05, 0.1) is 11.7 Å². The number of benzene rings is 2. The lowest BCUT2D eigenvalue weighted by Crippen LogP contribution is -2.35. The van der Waals surface area contributed by atoms with E-state index in [2.05, 4.69) is 5.32 Å². The molecule has 0 unspecified atom stereocenters. The first-order valence-corrected chi connectivity index (χ1v) is 8.66. The van der Waals surface area contributed by atoms with Gasteiger partial charge >= 0.3 is 5.97 Å². The minimum Gasteiger partial charge on any atom is -0.491 e. The third kappa shape index (κ3) is 5.92. The number of aryl methyl sites for hydroxylation is 1. The number of rotatable bonds is 7. The van der Waals surface area contributed by atoms with Gasteiger partial charge < -0.3 is 14.8 Å². The van der Waals surface area contributed by atoms with Gasteiger partial charge in [-0.1, -0.05) is 29.8 Å². The molecule has 0 spiro atoms. The molecule has 5 heteroatoms. The van der Waals surface area contributed by atoms with Crippen molar-refractivity contribution in [3.63, 3.8) is 0 Å². The van der Waals surface area contributed by atoms with Crippen molar-refractivity contribution < 1.29 is 19.1 Å². The quantitative estimate of drug-likeness (QED) is 0.770. The number of nitrogens with one attached hydrogen (secondary N) is 1. The van der Waals surface area contributed by atoms with Crippen LogP contribution in [0.15, 0.2) is 48.5 Å². The first-order chi connectivity index (χ1) is 12.3. The van der Waals surface area contributed by atoms with Crippen LogP contribution in [0.25, 0.3) is 0 Å². The van der Waals surface area contributed by atoms with Crippen molar-refractivity contribution in [3.05, 3.63) is 65.2 Å². The molecule has 0 aliphatic carbocycles. The second-order valence-electron chi connectivity index (χ2n) is 6.44. The van der Waals surface area contributed by atoms with E-state index in [0.717, 1.165) is 11.1 Å². The van der Waals surface area contributed by atoms with Crippen molar-refractivity contribution in [2.24, 2.45) is 0 Å². The molecule has 0 aromatic heterocycles. The van der Waals surface area contributed by atoms with Crippen LogP contribution in [0.2, 0.25) is 0 Å². The summed E-state index contributed by atoms with van der Waals surface area (Å²) in [7, 11) is 0. The van der Waals surface area contributed by atoms with Crippen LogP contribution in [0.3, 0.4) is 0 Å². The molecule has 2 aromatic carbocycles. The first kappa shape index (κ1) is 19.5.